The van der Waals surface area contributed by atoms with Gasteiger partial charge >= 0.3 is 0 Å². The maximum atomic E-state index is 13.1. The molecule has 0 radical (unpaired) electrons. The Hall–Kier alpha value is -1.42. The summed E-state index contributed by atoms with van der Waals surface area (Å²) in [4.78, 5) is 11.4. The molecule has 1 aromatic rings. The second kappa shape index (κ2) is 6.23. The number of hydrogen-bond acceptors (Lipinski definition) is 1. The Bertz CT molecular complexity index is 407. The van der Waals surface area contributed by atoms with Gasteiger partial charge < -0.3 is 5.32 Å². The molecule has 0 aliphatic carbocycles. The molecule has 0 heterocycles. The molecule has 86 valence electrons. The number of carbonyl (C=O) groups is 1. The fourth-order valence-corrected chi connectivity index (χ4v) is 1.19. The first-order chi connectivity index (χ1) is 7.65. The normalized spacial score (nSPS) is 10.7. The highest BCUT2D eigenvalue weighted by Crippen LogP contribution is 2.08. The van der Waals surface area contributed by atoms with Gasteiger partial charge in [0.15, 0.2) is 0 Å². The summed E-state index contributed by atoms with van der Waals surface area (Å²) in [5.74, 6) is -1.83. The van der Waals surface area contributed by atoms with E-state index in [1.54, 1.807) is 12.2 Å². The zero-order valence-electron chi connectivity index (χ0n) is 8.34. The summed E-state index contributed by atoms with van der Waals surface area (Å²) < 4.78 is 25.7. The van der Waals surface area contributed by atoms with E-state index in [9.17, 15) is 13.6 Å². The van der Waals surface area contributed by atoms with Gasteiger partial charge in [-0.3, -0.25) is 4.79 Å². The molecule has 16 heavy (non-hydrogen) atoms. The molecule has 0 aliphatic rings. The number of carbonyl (C=O) groups excluding carboxylic acids is 1. The molecule has 0 aromatic heterocycles. The van der Waals surface area contributed by atoms with Crippen LogP contribution < -0.4 is 5.32 Å². The minimum atomic E-state index is -0.876. The first-order valence-electron chi connectivity index (χ1n) is 4.59. The molecule has 0 aliphatic heterocycles. The monoisotopic (exact) mass is 245 g/mol. The summed E-state index contributed by atoms with van der Waals surface area (Å²) >= 11 is 5.38. The average molecular weight is 246 g/mol. The highest BCUT2D eigenvalue weighted by atomic mass is 35.5. The largest absolute Gasteiger partial charge is 0.348 e. The van der Waals surface area contributed by atoms with Crippen molar-refractivity contribution in [2.24, 2.45) is 0 Å². The number of allylic oxidation sites excluding steroid dienone is 1. The lowest BCUT2D eigenvalue weighted by Crippen LogP contribution is -2.24. The van der Waals surface area contributed by atoms with Gasteiger partial charge in [0, 0.05) is 18.5 Å². The van der Waals surface area contributed by atoms with Crippen molar-refractivity contribution in [2.45, 2.75) is 0 Å². The summed E-state index contributed by atoms with van der Waals surface area (Å²) in [6.07, 6.45) is 3.30. The van der Waals surface area contributed by atoms with Crippen molar-refractivity contribution in [1.29, 1.82) is 0 Å². The number of benzene rings is 1. The lowest BCUT2D eigenvalue weighted by atomic mass is 10.2. The van der Waals surface area contributed by atoms with Crippen molar-refractivity contribution in [2.75, 3.05) is 12.4 Å². The molecule has 5 heteroatoms. The van der Waals surface area contributed by atoms with Crippen LogP contribution in [0.15, 0.2) is 30.4 Å². The van der Waals surface area contributed by atoms with Gasteiger partial charge in [-0.15, -0.1) is 11.6 Å². The van der Waals surface area contributed by atoms with Gasteiger partial charge in [-0.1, -0.05) is 12.2 Å². The predicted molar refractivity (Wildman–Crippen MR) is 58.6 cm³/mol. The van der Waals surface area contributed by atoms with E-state index in [0.29, 0.717) is 11.9 Å². The predicted octanol–water partition coefficient (Wildman–Crippen LogP) is 2.49. The van der Waals surface area contributed by atoms with Crippen molar-refractivity contribution in [3.63, 3.8) is 0 Å². The number of nitrogens with one attached hydrogen (secondary N) is 1. The second-order valence-corrected chi connectivity index (χ2v) is 3.27. The SMILES string of the molecule is O=C(NC/C=C/CCl)c1ccc(F)cc1F. The average Bonchev–Trinajstić information content (AvgIpc) is 2.24. The summed E-state index contributed by atoms with van der Waals surface area (Å²) in [6.45, 7) is 0.252. The van der Waals surface area contributed by atoms with E-state index >= 15 is 0 Å². The van der Waals surface area contributed by atoms with Gasteiger partial charge in [0.2, 0.25) is 0 Å². The molecule has 2 nitrogen and oxygen atoms in total. The van der Waals surface area contributed by atoms with Crippen molar-refractivity contribution in [3.8, 4) is 0 Å². The van der Waals surface area contributed by atoms with Crippen LogP contribution in [0.2, 0.25) is 0 Å². The van der Waals surface area contributed by atoms with Crippen LogP contribution in [0, 0.1) is 11.6 Å². The van der Waals surface area contributed by atoms with E-state index in [4.69, 9.17) is 11.6 Å². The van der Waals surface area contributed by atoms with E-state index in [1.807, 2.05) is 0 Å². The van der Waals surface area contributed by atoms with Crippen LogP contribution in [-0.2, 0) is 0 Å². The summed E-state index contributed by atoms with van der Waals surface area (Å²) in [6, 6.07) is 2.81. The van der Waals surface area contributed by atoms with Gasteiger partial charge in [-0.2, -0.15) is 0 Å². The third-order valence-electron chi connectivity index (χ3n) is 1.81. The van der Waals surface area contributed by atoms with Gasteiger partial charge in [0.25, 0.3) is 5.91 Å². The molecule has 1 aromatic carbocycles. The number of alkyl halides is 1. The Morgan fingerprint density at radius 1 is 1.38 bits per heavy atom. The molecule has 0 spiro atoms. The van der Waals surface area contributed by atoms with Crippen molar-refractivity contribution in [3.05, 3.63) is 47.5 Å². The maximum absolute atomic E-state index is 13.1. The molecule has 0 saturated carbocycles. The Labute approximate surface area is 96.9 Å². The topological polar surface area (TPSA) is 29.1 Å². The van der Waals surface area contributed by atoms with Crippen LogP contribution in [-0.4, -0.2) is 18.3 Å². The van der Waals surface area contributed by atoms with Crippen LogP contribution >= 0.6 is 11.6 Å². The summed E-state index contributed by atoms with van der Waals surface area (Å²) in [5.41, 5.74) is -0.180. The van der Waals surface area contributed by atoms with Gasteiger partial charge in [0.05, 0.1) is 5.56 Å². The molecule has 0 saturated heterocycles. The van der Waals surface area contributed by atoms with Crippen LogP contribution in [0.4, 0.5) is 8.78 Å². The maximum Gasteiger partial charge on any atom is 0.254 e. The van der Waals surface area contributed by atoms with E-state index < -0.39 is 17.5 Å². The number of amides is 1. The van der Waals surface area contributed by atoms with Crippen molar-refractivity contribution < 1.29 is 13.6 Å². The molecular formula is C11H10ClF2NO. The highest BCUT2D eigenvalue weighted by molar-refractivity contribution is 6.18. The quantitative estimate of drug-likeness (QED) is 0.641. The second-order valence-electron chi connectivity index (χ2n) is 2.96. The number of rotatable bonds is 4. The van der Waals surface area contributed by atoms with E-state index in [2.05, 4.69) is 5.32 Å². The Kier molecular flexibility index (Phi) is 4.92. The Morgan fingerprint density at radius 2 is 2.12 bits per heavy atom. The first-order valence-corrected chi connectivity index (χ1v) is 5.13. The lowest BCUT2D eigenvalue weighted by molar-refractivity contribution is 0.0954. The minimum Gasteiger partial charge on any atom is -0.348 e. The molecule has 1 amide bonds. The molecule has 0 fully saturated rings. The number of halogens is 3. The van der Waals surface area contributed by atoms with E-state index in [1.165, 1.54) is 0 Å². The fourth-order valence-electron chi connectivity index (χ4n) is 1.07. The molecular weight excluding hydrogens is 236 g/mol. The smallest absolute Gasteiger partial charge is 0.254 e. The third-order valence-corrected chi connectivity index (χ3v) is 1.99. The summed E-state index contributed by atoms with van der Waals surface area (Å²) in [7, 11) is 0. The van der Waals surface area contributed by atoms with Crippen LogP contribution in [0.1, 0.15) is 10.4 Å². The third kappa shape index (κ3) is 3.62. The van der Waals surface area contributed by atoms with Gasteiger partial charge in [-0.05, 0) is 12.1 Å². The fraction of sp³-hybridized carbons (Fsp3) is 0.182. The van der Waals surface area contributed by atoms with E-state index in [0.717, 1.165) is 12.1 Å². The van der Waals surface area contributed by atoms with Crippen LogP contribution in [0.25, 0.3) is 0 Å². The molecule has 0 bridgehead atoms. The van der Waals surface area contributed by atoms with Crippen molar-refractivity contribution in [1.82, 2.24) is 5.32 Å². The van der Waals surface area contributed by atoms with E-state index in [-0.39, 0.29) is 12.1 Å². The summed E-state index contributed by atoms with van der Waals surface area (Å²) in [5, 5.41) is 2.45. The lowest BCUT2D eigenvalue weighted by Gasteiger charge is -2.03. The molecule has 0 atom stereocenters. The minimum absolute atomic E-state index is 0.180. The molecule has 1 N–H and O–H groups in total. The van der Waals surface area contributed by atoms with Gasteiger partial charge in [-0.25, -0.2) is 8.78 Å². The molecule has 1 rings (SSSR count). The van der Waals surface area contributed by atoms with Crippen LogP contribution in [0.3, 0.4) is 0 Å². The molecule has 0 unspecified atom stereocenters. The number of hydrogen-bond donors (Lipinski definition) is 1. The Balaban J connectivity index is 2.63. The van der Waals surface area contributed by atoms with Crippen LogP contribution in [0.5, 0.6) is 0 Å². The standard InChI is InChI=1S/C11H10ClF2NO/c12-5-1-2-6-15-11(16)9-4-3-8(13)7-10(9)14/h1-4,7H,5-6H2,(H,15,16)/b2-1+. The van der Waals surface area contributed by atoms with Crippen molar-refractivity contribution >= 4 is 17.5 Å². The first kappa shape index (κ1) is 12.6. The zero-order valence-corrected chi connectivity index (χ0v) is 9.10. The van der Waals surface area contributed by atoms with Gasteiger partial charge in [0.1, 0.15) is 11.6 Å². The zero-order chi connectivity index (χ0) is 12.0. The Morgan fingerprint density at radius 3 is 2.75 bits per heavy atom. The highest BCUT2D eigenvalue weighted by Gasteiger charge is 2.10.